The van der Waals surface area contributed by atoms with E-state index in [1.54, 1.807) is 0 Å². The van der Waals surface area contributed by atoms with Gasteiger partial charge in [-0.15, -0.1) is 0 Å². The SMILES string of the molecule is Cc1ccc(NC(=O)[C@H](C)N[C@@H](C)c2ccccc2Br)cc1. The van der Waals surface area contributed by atoms with E-state index in [0.717, 1.165) is 15.7 Å². The van der Waals surface area contributed by atoms with Gasteiger partial charge in [-0.05, 0) is 44.5 Å². The normalized spacial score (nSPS) is 13.5. The van der Waals surface area contributed by atoms with Crippen LogP contribution in [0.2, 0.25) is 0 Å². The number of rotatable bonds is 5. The summed E-state index contributed by atoms with van der Waals surface area (Å²) in [6.07, 6.45) is 0. The first kappa shape index (κ1) is 16.7. The van der Waals surface area contributed by atoms with Crippen molar-refractivity contribution in [3.63, 3.8) is 0 Å². The van der Waals surface area contributed by atoms with Gasteiger partial charge in [-0.2, -0.15) is 0 Å². The molecule has 2 atom stereocenters. The molecule has 0 aromatic heterocycles. The highest BCUT2D eigenvalue weighted by Crippen LogP contribution is 2.23. The molecule has 0 radical (unpaired) electrons. The Hall–Kier alpha value is -1.65. The van der Waals surface area contributed by atoms with Crippen LogP contribution in [0.15, 0.2) is 53.0 Å². The van der Waals surface area contributed by atoms with Crippen LogP contribution in [0.4, 0.5) is 5.69 Å². The Bertz CT molecular complexity index is 640. The summed E-state index contributed by atoms with van der Waals surface area (Å²) in [7, 11) is 0. The number of amides is 1. The molecule has 116 valence electrons. The van der Waals surface area contributed by atoms with E-state index in [9.17, 15) is 4.79 Å². The van der Waals surface area contributed by atoms with Crippen molar-refractivity contribution in [3.8, 4) is 0 Å². The van der Waals surface area contributed by atoms with Crippen LogP contribution in [-0.4, -0.2) is 11.9 Å². The summed E-state index contributed by atoms with van der Waals surface area (Å²) >= 11 is 3.54. The largest absolute Gasteiger partial charge is 0.325 e. The summed E-state index contributed by atoms with van der Waals surface area (Å²) in [6, 6.07) is 15.6. The number of nitrogens with one attached hydrogen (secondary N) is 2. The molecule has 0 fully saturated rings. The first-order chi connectivity index (χ1) is 10.5. The van der Waals surface area contributed by atoms with Crippen molar-refractivity contribution in [2.75, 3.05) is 5.32 Å². The zero-order valence-electron chi connectivity index (χ0n) is 13.1. The van der Waals surface area contributed by atoms with Gasteiger partial charge in [0.2, 0.25) is 5.91 Å². The molecule has 2 rings (SSSR count). The first-order valence-electron chi connectivity index (χ1n) is 7.35. The first-order valence-corrected chi connectivity index (χ1v) is 8.14. The summed E-state index contributed by atoms with van der Waals surface area (Å²) in [6.45, 7) is 5.95. The fourth-order valence-electron chi connectivity index (χ4n) is 2.25. The van der Waals surface area contributed by atoms with Crippen LogP contribution in [0.3, 0.4) is 0 Å². The standard InChI is InChI=1S/C18H21BrN2O/c1-12-8-10-15(11-9-12)21-18(22)14(3)20-13(2)16-6-4-5-7-17(16)19/h4-11,13-14,20H,1-3H3,(H,21,22)/t13-,14-/m0/s1. The molecule has 0 aliphatic heterocycles. The van der Waals surface area contributed by atoms with Crippen LogP contribution < -0.4 is 10.6 Å². The maximum absolute atomic E-state index is 12.3. The molecule has 0 unspecified atom stereocenters. The van der Waals surface area contributed by atoms with Gasteiger partial charge in [0.15, 0.2) is 0 Å². The molecule has 3 nitrogen and oxygen atoms in total. The number of hydrogen-bond donors (Lipinski definition) is 2. The monoisotopic (exact) mass is 360 g/mol. The zero-order chi connectivity index (χ0) is 16.1. The fraction of sp³-hybridized carbons (Fsp3) is 0.278. The van der Waals surface area contributed by atoms with Gasteiger partial charge in [-0.3, -0.25) is 10.1 Å². The number of anilines is 1. The minimum absolute atomic E-state index is 0.0391. The van der Waals surface area contributed by atoms with Crippen molar-refractivity contribution in [1.82, 2.24) is 5.32 Å². The van der Waals surface area contributed by atoms with E-state index >= 15 is 0 Å². The molecule has 2 aromatic carbocycles. The Morgan fingerprint density at radius 1 is 1.05 bits per heavy atom. The van der Waals surface area contributed by atoms with E-state index in [4.69, 9.17) is 0 Å². The Kier molecular flexibility index (Phi) is 5.75. The summed E-state index contributed by atoms with van der Waals surface area (Å²) in [4.78, 5) is 12.3. The maximum atomic E-state index is 12.3. The lowest BCUT2D eigenvalue weighted by Crippen LogP contribution is -2.39. The van der Waals surface area contributed by atoms with Crippen molar-refractivity contribution in [1.29, 1.82) is 0 Å². The van der Waals surface area contributed by atoms with Gasteiger partial charge in [0.25, 0.3) is 0 Å². The van der Waals surface area contributed by atoms with Crippen LogP contribution in [-0.2, 0) is 4.79 Å². The minimum Gasteiger partial charge on any atom is -0.325 e. The van der Waals surface area contributed by atoms with Gasteiger partial charge in [-0.25, -0.2) is 0 Å². The van der Waals surface area contributed by atoms with E-state index in [2.05, 4.69) is 33.5 Å². The van der Waals surface area contributed by atoms with Crippen LogP contribution in [0.1, 0.15) is 31.0 Å². The van der Waals surface area contributed by atoms with Crippen molar-refractivity contribution >= 4 is 27.5 Å². The van der Waals surface area contributed by atoms with Crippen LogP contribution >= 0.6 is 15.9 Å². The summed E-state index contributed by atoms with van der Waals surface area (Å²) in [5, 5.41) is 6.25. The second kappa shape index (κ2) is 7.56. The average Bonchev–Trinajstić information content (AvgIpc) is 2.49. The molecule has 2 N–H and O–H groups in total. The highest BCUT2D eigenvalue weighted by atomic mass is 79.9. The molecule has 22 heavy (non-hydrogen) atoms. The number of hydrogen-bond acceptors (Lipinski definition) is 2. The van der Waals surface area contributed by atoms with E-state index in [-0.39, 0.29) is 18.0 Å². The topological polar surface area (TPSA) is 41.1 Å². The minimum atomic E-state index is -0.289. The summed E-state index contributed by atoms with van der Waals surface area (Å²) in [5.41, 5.74) is 3.13. The number of carbonyl (C=O) groups is 1. The summed E-state index contributed by atoms with van der Waals surface area (Å²) in [5.74, 6) is -0.0391. The third kappa shape index (κ3) is 4.42. The number of halogens is 1. The third-order valence-corrected chi connectivity index (χ3v) is 4.31. The molecule has 2 aromatic rings. The number of benzene rings is 2. The molecule has 0 aliphatic rings. The van der Waals surface area contributed by atoms with E-state index in [1.165, 1.54) is 5.56 Å². The van der Waals surface area contributed by atoms with Crippen molar-refractivity contribution in [2.45, 2.75) is 32.9 Å². The van der Waals surface area contributed by atoms with E-state index in [0.29, 0.717) is 0 Å². The highest BCUT2D eigenvalue weighted by molar-refractivity contribution is 9.10. The van der Waals surface area contributed by atoms with Gasteiger partial charge < -0.3 is 5.32 Å². The molecular formula is C18H21BrN2O. The molecular weight excluding hydrogens is 340 g/mol. The van der Waals surface area contributed by atoms with Gasteiger partial charge in [0.1, 0.15) is 0 Å². The van der Waals surface area contributed by atoms with Crippen molar-refractivity contribution in [3.05, 3.63) is 64.1 Å². The van der Waals surface area contributed by atoms with Gasteiger partial charge in [0, 0.05) is 16.2 Å². The Morgan fingerprint density at radius 3 is 2.32 bits per heavy atom. The molecule has 0 bridgehead atoms. The second-order valence-electron chi connectivity index (χ2n) is 5.49. The van der Waals surface area contributed by atoms with Crippen LogP contribution in [0, 0.1) is 6.92 Å². The van der Waals surface area contributed by atoms with Crippen molar-refractivity contribution < 1.29 is 4.79 Å². The number of carbonyl (C=O) groups excluding carboxylic acids is 1. The predicted octanol–water partition coefficient (Wildman–Crippen LogP) is 4.44. The Morgan fingerprint density at radius 2 is 1.68 bits per heavy atom. The zero-order valence-corrected chi connectivity index (χ0v) is 14.6. The molecule has 0 heterocycles. The van der Waals surface area contributed by atoms with Crippen molar-refractivity contribution in [2.24, 2.45) is 0 Å². The summed E-state index contributed by atoms with van der Waals surface area (Å²) < 4.78 is 1.04. The third-order valence-electron chi connectivity index (χ3n) is 3.58. The molecule has 0 spiro atoms. The average molecular weight is 361 g/mol. The van der Waals surface area contributed by atoms with Gasteiger partial charge in [-0.1, -0.05) is 51.8 Å². The lowest BCUT2D eigenvalue weighted by Gasteiger charge is -2.21. The van der Waals surface area contributed by atoms with E-state index in [1.807, 2.05) is 62.4 Å². The van der Waals surface area contributed by atoms with Crippen LogP contribution in [0.5, 0.6) is 0 Å². The van der Waals surface area contributed by atoms with Gasteiger partial charge in [0.05, 0.1) is 6.04 Å². The maximum Gasteiger partial charge on any atom is 0.241 e. The Labute approximate surface area is 140 Å². The molecule has 4 heteroatoms. The molecule has 0 saturated heterocycles. The highest BCUT2D eigenvalue weighted by Gasteiger charge is 2.17. The number of aryl methyl sites for hydroxylation is 1. The lowest BCUT2D eigenvalue weighted by molar-refractivity contribution is -0.117. The predicted molar refractivity (Wildman–Crippen MR) is 95.0 cm³/mol. The second-order valence-corrected chi connectivity index (χ2v) is 6.34. The molecule has 0 aliphatic carbocycles. The fourth-order valence-corrected chi connectivity index (χ4v) is 2.88. The molecule has 1 amide bonds. The smallest absolute Gasteiger partial charge is 0.241 e. The van der Waals surface area contributed by atoms with Crippen LogP contribution in [0.25, 0.3) is 0 Å². The van der Waals surface area contributed by atoms with Gasteiger partial charge >= 0.3 is 0 Å². The van der Waals surface area contributed by atoms with E-state index < -0.39 is 0 Å². The lowest BCUT2D eigenvalue weighted by atomic mass is 10.1. The molecule has 0 saturated carbocycles. The Balaban J connectivity index is 1.96. The quantitative estimate of drug-likeness (QED) is 0.827.